The van der Waals surface area contributed by atoms with Gasteiger partial charge in [0.05, 0.1) is 18.2 Å². The van der Waals surface area contributed by atoms with E-state index in [1.54, 1.807) is 14.0 Å². The molecule has 0 amide bonds. The van der Waals surface area contributed by atoms with E-state index in [0.717, 1.165) is 11.1 Å². The van der Waals surface area contributed by atoms with Gasteiger partial charge in [0.2, 0.25) is 0 Å². The van der Waals surface area contributed by atoms with Crippen molar-refractivity contribution in [3.63, 3.8) is 0 Å². The summed E-state index contributed by atoms with van der Waals surface area (Å²) in [6, 6.07) is 3.74. The lowest BCUT2D eigenvalue weighted by Gasteiger charge is -2.11. The van der Waals surface area contributed by atoms with E-state index in [-0.39, 0.29) is 6.10 Å². The lowest BCUT2D eigenvalue weighted by molar-refractivity contribution is 0.195. The maximum absolute atomic E-state index is 9.27. The molecule has 0 heterocycles. The molecule has 14 heavy (non-hydrogen) atoms. The number of ether oxygens (including phenoxy) is 1. The van der Waals surface area contributed by atoms with Gasteiger partial charge in [-0.3, -0.25) is 0 Å². The van der Waals surface area contributed by atoms with Crippen molar-refractivity contribution in [2.75, 3.05) is 7.11 Å². The number of benzene rings is 1. The highest BCUT2D eigenvalue weighted by Gasteiger charge is 2.07. The van der Waals surface area contributed by atoms with Crippen LogP contribution in [0.25, 0.3) is 0 Å². The lowest BCUT2D eigenvalue weighted by atomic mass is 10.0. The Hall–Kier alpha value is -0.730. The third-order valence-corrected chi connectivity index (χ3v) is 2.42. The summed E-state index contributed by atoms with van der Waals surface area (Å²) >= 11 is 5.98. The summed E-state index contributed by atoms with van der Waals surface area (Å²) in [6.45, 7) is 3.74. The molecule has 2 nitrogen and oxygen atoms in total. The molecule has 0 fully saturated rings. The van der Waals surface area contributed by atoms with Crippen LogP contribution in [0.5, 0.6) is 5.75 Å². The fourth-order valence-electron chi connectivity index (χ4n) is 1.39. The second-order valence-electron chi connectivity index (χ2n) is 3.47. The topological polar surface area (TPSA) is 29.5 Å². The molecule has 78 valence electrons. The summed E-state index contributed by atoms with van der Waals surface area (Å²) in [5.74, 6) is 0.679. The fraction of sp³-hybridized carbons (Fsp3) is 0.455. The fourth-order valence-corrected chi connectivity index (χ4v) is 1.65. The SMILES string of the molecule is COc1cc(C)c(CC(C)O)cc1Cl. The van der Waals surface area contributed by atoms with Crippen LogP contribution >= 0.6 is 11.6 Å². The van der Waals surface area contributed by atoms with E-state index in [1.165, 1.54) is 0 Å². The standard InChI is InChI=1S/C11H15ClO2/c1-7-4-11(14-3)10(12)6-9(7)5-8(2)13/h4,6,8,13H,5H2,1-3H3. The van der Waals surface area contributed by atoms with E-state index in [1.807, 2.05) is 19.1 Å². The smallest absolute Gasteiger partial charge is 0.137 e. The minimum atomic E-state index is -0.349. The van der Waals surface area contributed by atoms with E-state index in [4.69, 9.17) is 16.3 Å². The third-order valence-electron chi connectivity index (χ3n) is 2.13. The zero-order chi connectivity index (χ0) is 10.7. The third kappa shape index (κ3) is 2.63. The lowest BCUT2D eigenvalue weighted by Crippen LogP contribution is -2.05. The summed E-state index contributed by atoms with van der Waals surface area (Å²) < 4.78 is 5.09. The Bertz CT molecular complexity index is 321. The molecule has 1 rings (SSSR count). The Kier molecular flexibility index (Phi) is 3.78. The van der Waals surface area contributed by atoms with Gasteiger partial charge in [-0.25, -0.2) is 0 Å². The largest absolute Gasteiger partial charge is 0.495 e. The van der Waals surface area contributed by atoms with E-state index in [0.29, 0.717) is 17.2 Å². The first-order valence-corrected chi connectivity index (χ1v) is 4.93. The summed E-state index contributed by atoms with van der Waals surface area (Å²) in [5.41, 5.74) is 2.15. The van der Waals surface area contributed by atoms with Crippen LogP contribution in [0.4, 0.5) is 0 Å². The second-order valence-corrected chi connectivity index (χ2v) is 3.87. The molecule has 1 aromatic carbocycles. The zero-order valence-electron chi connectivity index (χ0n) is 8.67. The number of halogens is 1. The van der Waals surface area contributed by atoms with Crippen LogP contribution in [0.15, 0.2) is 12.1 Å². The molecule has 0 saturated heterocycles. The maximum Gasteiger partial charge on any atom is 0.137 e. The predicted molar refractivity (Wildman–Crippen MR) is 58.1 cm³/mol. The molecular weight excluding hydrogens is 200 g/mol. The van der Waals surface area contributed by atoms with Gasteiger partial charge in [0, 0.05) is 0 Å². The highest BCUT2D eigenvalue weighted by Crippen LogP contribution is 2.28. The molecule has 1 aromatic rings. The van der Waals surface area contributed by atoms with Gasteiger partial charge in [0.1, 0.15) is 5.75 Å². The van der Waals surface area contributed by atoms with Crippen molar-refractivity contribution < 1.29 is 9.84 Å². The maximum atomic E-state index is 9.27. The predicted octanol–water partition coefficient (Wildman–Crippen LogP) is 2.58. The Morgan fingerprint density at radius 2 is 2.14 bits per heavy atom. The van der Waals surface area contributed by atoms with Crippen molar-refractivity contribution in [2.45, 2.75) is 26.4 Å². The average molecular weight is 215 g/mol. The second kappa shape index (κ2) is 4.67. The minimum absolute atomic E-state index is 0.349. The van der Waals surface area contributed by atoms with Gasteiger partial charge in [-0.2, -0.15) is 0 Å². The first-order chi connectivity index (χ1) is 6.54. The molecule has 3 heteroatoms. The summed E-state index contributed by atoms with van der Waals surface area (Å²) in [6.07, 6.45) is 0.272. The first-order valence-electron chi connectivity index (χ1n) is 4.55. The molecule has 1 N–H and O–H groups in total. The van der Waals surface area contributed by atoms with E-state index in [9.17, 15) is 5.11 Å². The van der Waals surface area contributed by atoms with Gasteiger partial charge in [0.15, 0.2) is 0 Å². The molecule has 1 unspecified atom stereocenters. The van der Waals surface area contributed by atoms with Crippen LogP contribution in [0.1, 0.15) is 18.1 Å². The number of aryl methyl sites for hydroxylation is 1. The Balaban J connectivity index is 3.02. The molecule has 0 aliphatic heterocycles. The summed E-state index contributed by atoms with van der Waals surface area (Å²) in [4.78, 5) is 0. The monoisotopic (exact) mass is 214 g/mol. The highest BCUT2D eigenvalue weighted by molar-refractivity contribution is 6.32. The molecule has 0 bridgehead atoms. The normalized spacial score (nSPS) is 12.6. The number of hydrogen-bond acceptors (Lipinski definition) is 2. The Morgan fingerprint density at radius 3 is 2.64 bits per heavy atom. The molecule has 0 spiro atoms. The van der Waals surface area contributed by atoms with E-state index < -0.39 is 0 Å². The number of aliphatic hydroxyl groups is 1. The average Bonchev–Trinajstić information content (AvgIpc) is 2.10. The Labute approximate surface area is 89.5 Å². The quantitative estimate of drug-likeness (QED) is 0.838. The number of aliphatic hydroxyl groups excluding tert-OH is 1. The molecule has 0 aliphatic rings. The van der Waals surface area contributed by atoms with Gasteiger partial charge in [-0.05, 0) is 43.5 Å². The van der Waals surface area contributed by atoms with Gasteiger partial charge in [-0.15, -0.1) is 0 Å². The number of hydrogen-bond donors (Lipinski definition) is 1. The van der Waals surface area contributed by atoms with Gasteiger partial charge >= 0.3 is 0 Å². The van der Waals surface area contributed by atoms with Crippen LogP contribution < -0.4 is 4.74 Å². The zero-order valence-corrected chi connectivity index (χ0v) is 9.43. The highest BCUT2D eigenvalue weighted by atomic mass is 35.5. The molecule has 0 saturated carbocycles. The van der Waals surface area contributed by atoms with Crippen molar-refractivity contribution in [1.82, 2.24) is 0 Å². The van der Waals surface area contributed by atoms with Crippen LogP contribution in [-0.2, 0) is 6.42 Å². The van der Waals surface area contributed by atoms with Crippen LogP contribution in [-0.4, -0.2) is 18.3 Å². The van der Waals surface area contributed by atoms with Crippen molar-refractivity contribution in [3.05, 3.63) is 28.3 Å². The van der Waals surface area contributed by atoms with Gasteiger partial charge in [0.25, 0.3) is 0 Å². The Morgan fingerprint density at radius 1 is 1.50 bits per heavy atom. The number of methoxy groups -OCH3 is 1. The van der Waals surface area contributed by atoms with Gasteiger partial charge < -0.3 is 9.84 Å². The van der Waals surface area contributed by atoms with E-state index in [2.05, 4.69) is 0 Å². The van der Waals surface area contributed by atoms with Crippen molar-refractivity contribution >= 4 is 11.6 Å². The van der Waals surface area contributed by atoms with Crippen molar-refractivity contribution in [2.24, 2.45) is 0 Å². The molecular formula is C11H15ClO2. The van der Waals surface area contributed by atoms with Crippen LogP contribution in [0, 0.1) is 6.92 Å². The summed E-state index contributed by atoms with van der Waals surface area (Å²) in [7, 11) is 1.59. The van der Waals surface area contributed by atoms with Crippen LogP contribution in [0.3, 0.4) is 0 Å². The molecule has 0 aliphatic carbocycles. The first kappa shape index (κ1) is 11.3. The minimum Gasteiger partial charge on any atom is -0.495 e. The van der Waals surface area contributed by atoms with Gasteiger partial charge in [-0.1, -0.05) is 11.6 Å². The molecule has 0 aromatic heterocycles. The van der Waals surface area contributed by atoms with Crippen LogP contribution in [0.2, 0.25) is 5.02 Å². The van der Waals surface area contributed by atoms with Crippen molar-refractivity contribution in [3.8, 4) is 5.75 Å². The number of rotatable bonds is 3. The molecule has 1 atom stereocenters. The van der Waals surface area contributed by atoms with Crippen molar-refractivity contribution in [1.29, 1.82) is 0 Å². The van der Waals surface area contributed by atoms with E-state index >= 15 is 0 Å². The summed E-state index contributed by atoms with van der Waals surface area (Å²) in [5, 5.41) is 9.86. The molecule has 0 radical (unpaired) electrons.